The molecule has 4 nitrogen and oxygen atoms in total. The first-order valence-corrected chi connectivity index (χ1v) is 24.1. The van der Waals surface area contributed by atoms with Crippen LogP contribution in [0.3, 0.4) is 0 Å². The topological polar surface area (TPSA) is 42.7 Å². The summed E-state index contributed by atoms with van der Waals surface area (Å²) in [5, 5.41) is 6.54. The summed E-state index contributed by atoms with van der Waals surface area (Å²) in [6, 6.07) is 43.9. The molecular formula is C56H47B10NO3. The molecule has 0 aliphatic rings. The lowest BCUT2D eigenvalue weighted by molar-refractivity contribution is 0.668. The van der Waals surface area contributed by atoms with Crippen molar-refractivity contribution in [3.63, 3.8) is 0 Å². The van der Waals surface area contributed by atoms with Gasteiger partial charge in [0.2, 0.25) is 0 Å². The molecule has 0 bridgehead atoms. The van der Waals surface area contributed by atoms with Crippen molar-refractivity contribution >= 4 is 183 Å². The molecular weight excluding hydrogens is 843 g/mol. The van der Waals surface area contributed by atoms with Crippen molar-refractivity contribution < 1.29 is 13.3 Å². The van der Waals surface area contributed by atoms with Gasteiger partial charge in [-0.3, -0.25) is 0 Å². The summed E-state index contributed by atoms with van der Waals surface area (Å²) in [5.41, 5.74) is 24.4. The highest BCUT2D eigenvalue weighted by molar-refractivity contribution is 6.63. The zero-order chi connectivity index (χ0) is 49.1. The second kappa shape index (κ2) is 18.4. The Kier molecular flexibility index (Phi) is 12.2. The molecule has 14 heteroatoms. The van der Waals surface area contributed by atoms with Gasteiger partial charge in [-0.05, 0) is 80.7 Å². The number of nitrogens with zero attached hydrogens (tertiary/aromatic N) is 1. The molecule has 0 saturated carbocycles. The number of terminal acetylenes is 2. The van der Waals surface area contributed by atoms with E-state index in [0.717, 1.165) is 110 Å². The lowest BCUT2D eigenvalue weighted by Gasteiger charge is -2.34. The van der Waals surface area contributed by atoms with Crippen LogP contribution in [0.5, 0.6) is 0 Å². The van der Waals surface area contributed by atoms with Gasteiger partial charge in [-0.15, -0.1) is 12.8 Å². The van der Waals surface area contributed by atoms with Gasteiger partial charge in [0.25, 0.3) is 0 Å². The zero-order valence-electron chi connectivity index (χ0n) is 41.9. The van der Waals surface area contributed by atoms with Gasteiger partial charge in [-0.1, -0.05) is 147 Å². The number of rotatable bonds is 10. The number of allylic oxidation sites excluding steroid dienone is 6. The van der Waals surface area contributed by atoms with Gasteiger partial charge in [0.15, 0.2) is 15.7 Å². The molecule has 0 atom stereocenters. The van der Waals surface area contributed by atoms with Crippen molar-refractivity contribution in [2.75, 3.05) is 18.0 Å². The van der Waals surface area contributed by atoms with Crippen LogP contribution in [0.4, 0.5) is 5.69 Å². The number of benzene rings is 7. The van der Waals surface area contributed by atoms with E-state index in [9.17, 15) is 0 Å². The Balaban J connectivity index is 1.17. The van der Waals surface area contributed by atoms with Crippen LogP contribution in [0.25, 0.3) is 88.1 Å². The van der Waals surface area contributed by atoms with Crippen molar-refractivity contribution in [3.05, 3.63) is 171 Å². The van der Waals surface area contributed by atoms with Crippen molar-refractivity contribution in [2.45, 2.75) is 0 Å². The summed E-state index contributed by atoms with van der Waals surface area (Å²) in [7, 11) is 22.2. The SMILES string of the molecule is B/C(CN(C/C(B)=C(B)\C(=C(\B)C#C)c1cccc2oc3ccccc3c12)c1c(B)c(B)c(-c2cccc3oc4ccccc4c23)c(B)c1B)=C(B)/C(=C(/B)C#C)c1cccc2oc3ccccc3c12. The zero-order valence-corrected chi connectivity index (χ0v) is 41.9. The maximum Gasteiger partial charge on any atom is 0.151 e. The van der Waals surface area contributed by atoms with Gasteiger partial charge in [-0.2, -0.15) is 0 Å². The van der Waals surface area contributed by atoms with E-state index in [-0.39, 0.29) is 0 Å². The molecule has 7 aromatic carbocycles. The van der Waals surface area contributed by atoms with Crippen LogP contribution in [0.2, 0.25) is 0 Å². The molecule has 0 unspecified atom stereocenters. The number of fused-ring (bicyclic) bond motifs is 9. The van der Waals surface area contributed by atoms with Crippen molar-refractivity contribution in [3.8, 4) is 35.8 Å². The Morgan fingerprint density at radius 1 is 0.429 bits per heavy atom. The molecule has 3 heterocycles. The Labute approximate surface area is 419 Å². The smallest absolute Gasteiger partial charge is 0.151 e. The van der Waals surface area contributed by atoms with E-state index in [0.29, 0.717) is 13.1 Å². The molecule has 0 aliphatic carbocycles. The van der Waals surface area contributed by atoms with E-state index in [1.54, 1.807) is 0 Å². The monoisotopic (exact) mass is 891 g/mol. The maximum atomic E-state index is 6.42. The quantitative estimate of drug-likeness (QED) is 0.118. The summed E-state index contributed by atoms with van der Waals surface area (Å²) in [6.07, 6.45) is 12.7. The van der Waals surface area contributed by atoms with Gasteiger partial charge in [0.1, 0.15) is 96.3 Å². The fourth-order valence-electron chi connectivity index (χ4n) is 11.1. The summed E-state index contributed by atoms with van der Waals surface area (Å²) >= 11 is 0. The Hall–Kier alpha value is -7.53. The number of hydrogen-bond donors (Lipinski definition) is 0. The van der Waals surface area contributed by atoms with Crippen LogP contribution in [0.15, 0.2) is 173 Å². The number of para-hydroxylation sites is 3. The molecule has 3 aromatic heterocycles. The number of anilines is 1. The summed E-state index contributed by atoms with van der Waals surface area (Å²) in [6.45, 7) is 1.27. The molecule has 0 saturated heterocycles. The van der Waals surface area contributed by atoms with Crippen LogP contribution in [-0.4, -0.2) is 91.6 Å². The Morgan fingerprint density at radius 2 is 0.786 bits per heavy atom. The van der Waals surface area contributed by atoms with E-state index in [2.05, 4.69) is 180 Å². The fraction of sp³-hybridized carbons (Fsp3) is 0.0357. The number of hydrogen-bond acceptors (Lipinski definition) is 4. The molecule has 0 aliphatic heterocycles. The average molecular weight is 890 g/mol. The predicted octanol–water partition coefficient (Wildman–Crippen LogP) is 1.20. The third-order valence-electron chi connectivity index (χ3n) is 15.0. The van der Waals surface area contributed by atoms with E-state index in [1.807, 2.05) is 42.5 Å². The minimum absolute atomic E-state index is 0.636. The van der Waals surface area contributed by atoms with E-state index < -0.39 is 0 Å². The van der Waals surface area contributed by atoms with Crippen molar-refractivity contribution in [1.82, 2.24) is 0 Å². The second-order valence-corrected chi connectivity index (χ2v) is 19.0. The van der Waals surface area contributed by atoms with Gasteiger partial charge in [-0.25, -0.2) is 0 Å². The molecule has 0 spiro atoms. The standard InChI is InChI=1S/C56H47B10NO3/c1-3-34(57)47(31-17-11-23-41-44(31)28-14-5-8-20-38(28)68-41)50(61)36(59)26-67(27-37(60)51(62)48(35(58)4-2)32-18-12-24-42-45(32)29-15-6-9-21-39(29)69-42)56-54(65)52(63)49(53(64)55(56)66)33-19-13-25-43-46(33)30-16-7-10-22-40(30)70-43/h1-2,5-25H,26-27,57-66H2/b47-34+,48-35+,50-36-,51-37-. The largest absolute Gasteiger partial charge is 0.456 e. The highest BCUT2D eigenvalue weighted by Gasteiger charge is 2.25. The molecule has 0 fully saturated rings. The molecule has 0 N–H and O–H groups in total. The van der Waals surface area contributed by atoms with Crippen LogP contribution in [0, 0.1) is 24.7 Å². The summed E-state index contributed by atoms with van der Waals surface area (Å²) < 4.78 is 19.2. The molecule has 0 amide bonds. The van der Waals surface area contributed by atoms with Gasteiger partial charge < -0.3 is 18.2 Å². The molecule has 324 valence electrons. The number of furan rings is 3. The average Bonchev–Trinajstić information content (AvgIpc) is 4.08. The first kappa shape index (κ1) is 46.2. The third-order valence-corrected chi connectivity index (χ3v) is 15.0. The highest BCUT2D eigenvalue weighted by Crippen LogP contribution is 2.40. The normalized spacial score (nSPS) is 13.3. The van der Waals surface area contributed by atoms with E-state index in [1.165, 1.54) is 49.6 Å². The molecule has 10 rings (SSSR count). The second-order valence-electron chi connectivity index (χ2n) is 19.0. The summed E-state index contributed by atoms with van der Waals surface area (Å²) in [4.78, 5) is 2.58. The molecule has 10 aromatic rings. The molecule has 0 radical (unpaired) electrons. The summed E-state index contributed by atoms with van der Waals surface area (Å²) in [5.74, 6) is 6.08. The van der Waals surface area contributed by atoms with E-state index >= 15 is 0 Å². The highest BCUT2D eigenvalue weighted by atomic mass is 16.3. The van der Waals surface area contributed by atoms with Gasteiger partial charge in [0.05, 0.1) is 0 Å². The Bertz CT molecular complexity index is 3860. The Morgan fingerprint density at radius 3 is 1.20 bits per heavy atom. The predicted molar refractivity (Wildman–Crippen MR) is 328 cm³/mol. The fourth-order valence-corrected chi connectivity index (χ4v) is 11.1. The van der Waals surface area contributed by atoms with Crippen molar-refractivity contribution in [2.24, 2.45) is 0 Å². The lowest BCUT2D eigenvalue weighted by atomic mass is 9.64. The molecule has 70 heavy (non-hydrogen) atoms. The first-order valence-electron chi connectivity index (χ1n) is 24.1. The first-order chi connectivity index (χ1) is 33.8. The van der Waals surface area contributed by atoms with Crippen LogP contribution < -0.4 is 26.8 Å². The minimum atomic E-state index is 0.636. The van der Waals surface area contributed by atoms with Crippen LogP contribution in [-0.2, 0) is 0 Å². The van der Waals surface area contributed by atoms with Gasteiger partial charge >= 0.3 is 0 Å². The third kappa shape index (κ3) is 7.63. The van der Waals surface area contributed by atoms with Crippen molar-refractivity contribution in [1.29, 1.82) is 0 Å². The van der Waals surface area contributed by atoms with E-state index in [4.69, 9.17) is 26.1 Å². The van der Waals surface area contributed by atoms with Crippen LogP contribution >= 0.6 is 0 Å². The minimum Gasteiger partial charge on any atom is -0.456 e. The maximum absolute atomic E-state index is 6.42. The lowest BCUT2D eigenvalue weighted by Crippen LogP contribution is -2.49. The van der Waals surface area contributed by atoms with Crippen LogP contribution in [0.1, 0.15) is 11.1 Å². The van der Waals surface area contributed by atoms with Gasteiger partial charge in [0, 0.05) is 51.1 Å².